The number of thioether (sulfide) groups is 1. The first-order valence-corrected chi connectivity index (χ1v) is 9.33. The van der Waals surface area contributed by atoms with Crippen LogP contribution < -0.4 is 0 Å². The number of aliphatic hydroxyl groups is 1. The molecule has 0 saturated carbocycles. The highest BCUT2D eigenvalue weighted by molar-refractivity contribution is 8.04. The van der Waals surface area contributed by atoms with Crippen LogP contribution >= 0.6 is 11.8 Å². The molecule has 130 valence electrons. The second-order valence-electron chi connectivity index (χ2n) is 6.23. The molecule has 0 radical (unpaired) electrons. The molecule has 0 spiro atoms. The number of ketones is 1. The monoisotopic (exact) mass is 348 g/mol. The second-order valence-corrected chi connectivity index (χ2v) is 7.48. The molecule has 1 saturated heterocycles. The minimum Gasteiger partial charge on any atom is -0.492 e. The van der Waals surface area contributed by atoms with E-state index in [0.717, 1.165) is 43.1 Å². The maximum atomic E-state index is 12.7. The van der Waals surface area contributed by atoms with Gasteiger partial charge in [0.1, 0.15) is 0 Å². The topological polar surface area (TPSA) is 62.7 Å². The standard InChI is InChI=1S/C18H24N2O3S/c1-23-17-16(22)15(12-14-4-2-3-7-19-14)24-18(17)13-5-8-20(9-6-13)10-11-21/h2-4,7,13,15,21H,5-6,8-12H2,1H3. The Kier molecular flexibility index (Phi) is 5.92. The lowest BCUT2D eigenvalue weighted by Crippen LogP contribution is -2.35. The van der Waals surface area contributed by atoms with Crippen LogP contribution in [-0.2, 0) is 16.0 Å². The van der Waals surface area contributed by atoms with Crippen LogP contribution in [0.3, 0.4) is 0 Å². The van der Waals surface area contributed by atoms with Crippen molar-refractivity contribution < 1.29 is 14.6 Å². The lowest BCUT2D eigenvalue weighted by molar-refractivity contribution is -0.117. The first-order chi connectivity index (χ1) is 11.7. The number of carbonyl (C=O) groups is 1. The Morgan fingerprint density at radius 3 is 2.79 bits per heavy atom. The van der Waals surface area contributed by atoms with Crippen molar-refractivity contribution in [3.63, 3.8) is 0 Å². The van der Waals surface area contributed by atoms with Gasteiger partial charge in [-0.1, -0.05) is 6.07 Å². The number of carbonyl (C=O) groups excluding carboxylic acids is 1. The molecule has 0 aliphatic carbocycles. The molecule has 5 nitrogen and oxygen atoms in total. The number of pyridine rings is 1. The number of aliphatic hydroxyl groups excluding tert-OH is 1. The van der Waals surface area contributed by atoms with Gasteiger partial charge >= 0.3 is 0 Å². The molecule has 24 heavy (non-hydrogen) atoms. The molecule has 1 N–H and O–H groups in total. The smallest absolute Gasteiger partial charge is 0.211 e. The van der Waals surface area contributed by atoms with Gasteiger partial charge in [-0.3, -0.25) is 9.78 Å². The average molecular weight is 348 g/mol. The van der Waals surface area contributed by atoms with Crippen molar-refractivity contribution in [2.24, 2.45) is 5.92 Å². The summed E-state index contributed by atoms with van der Waals surface area (Å²) in [5, 5.41) is 8.94. The Bertz CT molecular complexity index is 598. The average Bonchev–Trinajstić information content (AvgIpc) is 2.92. The number of Topliss-reactive ketones (excluding diaryl/α,β-unsaturated/α-hetero) is 1. The molecule has 2 aliphatic heterocycles. The van der Waals surface area contributed by atoms with Gasteiger partial charge in [0.2, 0.25) is 5.78 Å². The third-order valence-corrected chi connectivity index (χ3v) is 6.15. The Morgan fingerprint density at radius 2 is 2.17 bits per heavy atom. The maximum Gasteiger partial charge on any atom is 0.211 e. The highest BCUT2D eigenvalue weighted by Gasteiger charge is 2.39. The summed E-state index contributed by atoms with van der Waals surface area (Å²) in [6, 6.07) is 5.80. The van der Waals surface area contributed by atoms with Crippen molar-refractivity contribution in [3.8, 4) is 0 Å². The van der Waals surface area contributed by atoms with E-state index in [-0.39, 0.29) is 17.6 Å². The summed E-state index contributed by atoms with van der Waals surface area (Å²) >= 11 is 1.66. The van der Waals surface area contributed by atoms with Gasteiger partial charge in [-0.15, -0.1) is 11.8 Å². The van der Waals surface area contributed by atoms with E-state index in [1.165, 1.54) is 0 Å². The molecular formula is C18H24N2O3S. The molecule has 3 rings (SSSR count). The van der Waals surface area contributed by atoms with Crippen LogP contribution in [0.4, 0.5) is 0 Å². The predicted octanol–water partition coefficient (Wildman–Crippen LogP) is 1.87. The van der Waals surface area contributed by atoms with Gasteiger partial charge in [-0.25, -0.2) is 0 Å². The van der Waals surface area contributed by atoms with Gasteiger partial charge in [0.25, 0.3) is 0 Å². The van der Waals surface area contributed by atoms with Crippen LogP contribution in [-0.4, -0.2) is 59.4 Å². The van der Waals surface area contributed by atoms with E-state index >= 15 is 0 Å². The number of hydrogen-bond donors (Lipinski definition) is 1. The molecule has 3 heterocycles. The molecular weight excluding hydrogens is 324 g/mol. The summed E-state index contributed by atoms with van der Waals surface area (Å²) in [5.41, 5.74) is 0.942. The second kappa shape index (κ2) is 8.14. The van der Waals surface area contributed by atoms with Gasteiger partial charge in [-0.2, -0.15) is 0 Å². The summed E-state index contributed by atoms with van der Waals surface area (Å²) in [5.74, 6) is 1.04. The molecule has 0 aromatic carbocycles. The van der Waals surface area contributed by atoms with E-state index in [9.17, 15) is 4.79 Å². The highest BCUT2D eigenvalue weighted by Crippen LogP contribution is 2.44. The van der Waals surface area contributed by atoms with Gasteiger partial charge in [-0.05, 0) is 44.0 Å². The van der Waals surface area contributed by atoms with Crippen LogP contribution in [0.2, 0.25) is 0 Å². The number of ether oxygens (including phenoxy) is 1. The summed E-state index contributed by atoms with van der Waals surface area (Å²) in [4.78, 5) is 20.4. The minimum absolute atomic E-state index is 0.0981. The van der Waals surface area contributed by atoms with E-state index in [4.69, 9.17) is 9.84 Å². The molecule has 1 unspecified atom stereocenters. The van der Waals surface area contributed by atoms with Crippen LogP contribution in [0, 0.1) is 5.92 Å². The van der Waals surface area contributed by atoms with E-state index in [1.807, 2.05) is 18.2 Å². The van der Waals surface area contributed by atoms with Crippen LogP contribution in [0.5, 0.6) is 0 Å². The number of piperidine rings is 1. The van der Waals surface area contributed by atoms with Gasteiger partial charge in [0.05, 0.1) is 19.0 Å². The number of allylic oxidation sites excluding steroid dienone is 2. The summed E-state index contributed by atoms with van der Waals surface area (Å²) < 4.78 is 5.47. The Hall–Kier alpha value is -1.37. The number of hydrogen-bond acceptors (Lipinski definition) is 6. The van der Waals surface area contributed by atoms with Crippen LogP contribution in [0.25, 0.3) is 0 Å². The number of aromatic nitrogens is 1. The highest BCUT2D eigenvalue weighted by atomic mass is 32.2. The number of nitrogens with zero attached hydrogens (tertiary/aromatic N) is 2. The van der Waals surface area contributed by atoms with Crippen LogP contribution in [0.1, 0.15) is 18.5 Å². The summed E-state index contributed by atoms with van der Waals surface area (Å²) in [6.07, 6.45) is 4.43. The van der Waals surface area contributed by atoms with Gasteiger partial charge in [0.15, 0.2) is 5.76 Å². The van der Waals surface area contributed by atoms with E-state index in [1.54, 1.807) is 25.1 Å². The first-order valence-electron chi connectivity index (χ1n) is 8.45. The number of methoxy groups -OCH3 is 1. The first kappa shape index (κ1) is 17.5. The number of likely N-dealkylation sites (tertiary alicyclic amines) is 1. The van der Waals surface area contributed by atoms with Gasteiger partial charge < -0.3 is 14.7 Å². The number of β-amino-alcohol motifs (C(OH)–C–C–N with tert-alkyl or cyclic N) is 1. The number of rotatable bonds is 6. The Balaban J connectivity index is 1.66. The third-order valence-electron chi connectivity index (χ3n) is 4.71. The lowest BCUT2D eigenvalue weighted by atomic mass is 9.95. The predicted molar refractivity (Wildman–Crippen MR) is 94.6 cm³/mol. The van der Waals surface area contributed by atoms with Crippen molar-refractivity contribution in [1.29, 1.82) is 0 Å². The fourth-order valence-corrected chi connectivity index (χ4v) is 4.91. The summed E-state index contributed by atoms with van der Waals surface area (Å²) in [6.45, 7) is 2.87. The molecule has 1 fully saturated rings. The Morgan fingerprint density at radius 1 is 1.38 bits per heavy atom. The molecule has 0 amide bonds. The molecule has 0 bridgehead atoms. The molecule has 2 aliphatic rings. The minimum atomic E-state index is -0.125. The Labute approximate surface area is 147 Å². The molecule has 1 aromatic rings. The van der Waals surface area contributed by atoms with Crippen molar-refractivity contribution in [3.05, 3.63) is 40.8 Å². The van der Waals surface area contributed by atoms with Gasteiger partial charge in [0, 0.05) is 29.8 Å². The lowest BCUT2D eigenvalue weighted by Gasteiger charge is -2.32. The summed E-state index contributed by atoms with van der Waals surface area (Å²) in [7, 11) is 1.60. The van der Waals surface area contributed by atoms with Crippen molar-refractivity contribution in [2.75, 3.05) is 33.4 Å². The third kappa shape index (κ3) is 3.82. The normalized spacial score (nSPS) is 23.1. The van der Waals surface area contributed by atoms with E-state index in [2.05, 4.69) is 9.88 Å². The molecule has 1 atom stereocenters. The molecule has 1 aromatic heterocycles. The van der Waals surface area contributed by atoms with Crippen molar-refractivity contribution in [2.45, 2.75) is 24.5 Å². The van der Waals surface area contributed by atoms with E-state index < -0.39 is 0 Å². The largest absolute Gasteiger partial charge is 0.492 e. The SMILES string of the molecule is COC1=C(C2CCN(CCO)CC2)SC(Cc2ccccn2)C1=O. The quantitative estimate of drug-likeness (QED) is 0.847. The van der Waals surface area contributed by atoms with Crippen molar-refractivity contribution in [1.82, 2.24) is 9.88 Å². The molecule has 6 heteroatoms. The zero-order chi connectivity index (χ0) is 16.9. The van der Waals surface area contributed by atoms with Crippen molar-refractivity contribution >= 4 is 17.5 Å². The van der Waals surface area contributed by atoms with E-state index in [0.29, 0.717) is 18.1 Å². The van der Waals surface area contributed by atoms with Crippen LogP contribution in [0.15, 0.2) is 35.1 Å². The fraction of sp³-hybridized carbons (Fsp3) is 0.556. The fourth-order valence-electron chi connectivity index (χ4n) is 3.41. The zero-order valence-corrected chi connectivity index (χ0v) is 14.8. The maximum absolute atomic E-state index is 12.7. The zero-order valence-electron chi connectivity index (χ0n) is 14.0.